The van der Waals surface area contributed by atoms with Crippen molar-refractivity contribution in [1.82, 2.24) is 10.3 Å². The zero-order valence-electron chi connectivity index (χ0n) is 9.89. The van der Waals surface area contributed by atoms with Gasteiger partial charge in [-0.05, 0) is 40.6 Å². The van der Waals surface area contributed by atoms with E-state index in [4.69, 9.17) is 0 Å². The summed E-state index contributed by atoms with van der Waals surface area (Å²) in [5.74, 6) is 0.172. The Kier molecular flexibility index (Phi) is 2.99. The van der Waals surface area contributed by atoms with Gasteiger partial charge in [0.05, 0.1) is 4.92 Å². The molecule has 0 aliphatic rings. The number of nitro groups is 1. The third-order valence-corrected chi connectivity index (χ3v) is 3.68. The number of non-ortho nitro benzene ring substituents is 1. The SMILES string of the molecule is O=[N+]([O-])c1ccc(Sc2ccc(O)cc2)c2nonc12. The second kappa shape index (κ2) is 4.82. The van der Waals surface area contributed by atoms with E-state index < -0.39 is 4.92 Å². The van der Waals surface area contributed by atoms with Gasteiger partial charge < -0.3 is 5.11 Å². The summed E-state index contributed by atoms with van der Waals surface area (Å²) in [7, 11) is 0. The Balaban J connectivity index is 2.04. The molecule has 7 nitrogen and oxygen atoms in total. The maximum atomic E-state index is 10.9. The van der Waals surface area contributed by atoms with Crippen LogP contribution in [-0.2, 0) is 0 Å². The molecule has 8 heteroatoms. The summed E-state index contributed by atoms with van der Waals surface area (Å²) in [6.07, 6.45) is 0. The van der Waals surface area contributed by atoms with Crippen LogP contribution in [0, 0.1) is 10.1 Å². The quantitative estimate of drug-likeness (QED) is 0.584. The molecule has 0 saturated heterocycles. The van der Waals surface area contributed by atoms with Crippen LogP contribution in [0.1, 0.15) is 0 Å². The number of hydrogen-bond acceptors (Lipinski definition) is 7. The van der Waals surface area contributed by atoms with E-state index in [1.807, 2.05) is 0 Å². The number of aromatic nitrogens is 2. The van der Waals surface area contributed by atoms with Crippen LogP contribution in [-0.4, -0.2) is 20.3 Å². The number of phenols is 1. The fraction of sp³-hybridized carbons (Fsp3) is 0. The van der Waals surface area contributed by atoms with Crippen molar-refractivity contribution in [1.29, 1.82) is 0 Å². The van der Waals surface area contributed by atoms with E-state index in [2.05, 4.69) is 14.9 Å². The molecule has 1 N–H and O–H groups in total. The smallest absolute Gasteiger partial charge is 0.300 e. The van der Waals surface area contributed by atoms with E-state index in [0.29, 0.717) is 10.4 Å². The molecular weight excluding hydrogens is 282 g/mol. The first kappa shape index (κ1) is 12.4. The average molecular weight is 289 g/mol. The minimum atomic E-state index is -0.526. The summed E-state index contributed by atoms with van der Waals surface area (Å²) in [4.78, 5) is 11.9. The summed E-state index contributed by atoms with van der Waals surface area (Å²) in [5, 5.41) is 27.4. The van der Waals surface area contributed by atoms with Crippen LogP contribution >= 0.6 is 11.8 Å². The third kappa shape index (κ3) is 2.16. The highest BCUT2D eigenvalue weighted by Crippen LogP contribution is 2.35. The predicted octanol–water partition coefficient (Wildman–Crippen LogP) is 2.99. The van der Waals surface area contributed by atoms with Crippen LogP contribution in [0.3, 0.4) is 0 Å². The Hall–Kier alpha value is -2.61. The fourth-order valence-electron chi connectivity index (χ4n) is 1.70. The standard InChI is InChI=1S/C12H7N3O4S/c16-7-1-3-8(4-2-7)20-10-6-5-9(15(17)18)11-12(10)14-19-13-11/h1-6,16H. The lowest BCUT2D eigenvalue weighted by Gasteiger charge is -2.02. The second-order valence-electron chi connectivity index (χ2n) is 3.90. The van der Waals surface area contributed by atoms with Gasteiger partial charge in [0, 0.05) is 15.9 Å². The molecule has 1 aromatic heterocycles. The lowest BCUT2D eigenvalue weighted by atomic mass is 10.3. The van der Waals surface area contributed by atoms with Crippen LogP contribution < -0.4 is 0 Å². The zero-order valence-corrected chi connectivity index (χ0v) is 10.7. The molecule has 0 amide bonds. The first-order valence-electron chi connectivity index (χ1n) is 5.52. The molecule has 3 rings (SSSR count). The second-order valence-corrected chi connectivity index (χ2v) is 5.01. The van der Waals surface area contributed by atoms with Gasteiger partial charge in [-0.1, -0.05) is 11.8 Å². The summed E-state index contributed by atoms with van der Waals surface area (Å²) >= 11 is 1.35. The van der Waals surface area contributed by atoms with Crippen molar-refractivity contribution in [3.63, 3.8) is 0 Å². The maximum Gasteiger partial charge on any atom is 0.300 e. The van der Waals surface area contributed by atoms with Gasteiger partial charge in [0.15, 0.2) is 5.52 Å². The Bertz CT molecular complexity index is 785. The highest BCUT2D eigenvalue weighted by atomic mass is 32.2. The number of nitrogens with zero attached hydrogens (tertiary/aromatic N) is 3. The molecule has 0 atom stereocenters. The molecule has 0 saturated carbocycles. The Morgan fingerprint density at radius 3 is 2.50 bits per heavy atom. The van der Waals surface area contributed by atoms with Gasteiger partial charge >= 0.3 is 5.69 Å². The minimum Gasteiger partial charge on any atom is -0.508 e. The molecule has 2 aromatic carbocycles. The van der Waals surface area contributed by atoms with Gasteiger partial charge in [-0.3, -0.25) is 10.1 Å². The third-order valence-electron chi connectivity index (χ3n) is 2.62. The molecule has 0 unspecified atom stereocenters. The van der Waals surface area contributed by atoms with E-state index in [1.54, 1.807) is 30.3 Å². The number of benzene rings is 2. The van der Waals surface area contributed by atoms with Crippen LogP contribution in [0.15, 0.2) is 50.8 Å². The molecule has 0 spiro atoms. The normalized spacial score (nSPS) is 10.8. The van der Waals surface area contributed by atoms with Crippen molar-refractivity contribution in [2.24, 2.45) is 0 Å². The number of phenolic OH excluding ortho intramolecular Hbond substituents is 1. The van der Waals surface area contributed by atoms with Crippen LogP contribution in [0.25, 0.3) is 11.0 Å². The Morgan fingerprint density at radius 1 is 1.10 bits per heavy atom. The molecule has 0 aliphatic heterocycles. The molecule has 0 aliphatic carbocycles. The Morgan fingerprint density at radius 2 is 1.80 bits per heavy atom. The van der Waals surface area contributed by atoms with Crippen molar-refractivity contribution >= 4 is 28.5 Å². The molecule has 20 heavy (non-hydrogen) atoms. The lowest BCUT2D eigenvalue weighted by Crippen LogP contribution is -1.90. The number of aromatic hydroxyl groups is 1. The number of rotatable bonds is 3. The highest BCUT2D eigenvalue weighted by molar-refractivity contribution is 7.99. The van der Waals surface area contributed by atoms with Crippen LogP contribution in [0.4, 0.5) is 5.69 Å². The molecule has 0 fully saturated rings. The van der Waals surface area contributed by atoms with Crippen molar-refractivity contribution in [3.05, 3.63) is 46.5 Å². The van der Waals surface area contributed by atoms with Gasteiger partial charge in [-0.2, -0.15) is 0 Å². The van der Waals surface area contributed by atoms with Crippen LogP contribution in [0.2, 0.25) is 0 Å². The van der Waals surface area contributed by atoms with E-state index in [1.165, 1.54) is 17.8 Å². The molecule has 0 bridgehead atoms. The average Bonchev–Trinajstić information content (AvgIpc) is 2.91. The van der Waals surface area contributed by atoms with Crippen molar-refractivity contribution in [2.75, 3.05) is 0 Å². The number of fused-ring (bicyclic) bond motifs is 1. The van der Waals surface area contributed by atoms with Crippen LogP contribution in [0.5, 0.6) is 5.75 Å². The van der Waals surface area contributed by atoms with E-state index >= 15 is 0 Å². The monoisotopic (exact) mass is 289 g/mol. The predicted molar refractivity (Wildman–Crippen MR) is 70.7 cm³/mol. The Labute approximate surface area is 116 Å². The van der Waals surface area contributed by atoms with E-state index in [9.17, 15) is 15.2 Å². The number of nitro benzene ring substituents is 1. The van der Waals surface area contributed by atoms with Crippen molar-refractivity contribution in [3.8, 4) is 5.75 Å². The summed E-state index contributed by atoms with van der Waals surface area (Å²) in [5.41, 5.74) is 0.326. The molecule has 0 radical (unpaired) electrons. The topological polar surface area (TPSA) is 102 Å². The van der Waals surface area contributed by atoms with Crippen molar-refractivity contribution < 1.29 is 14.7 Å². The minimum absolute atomic E-state index is 0.124. The van der Waals surface area contributed by atoms with Gasteiger partial charge in [0.2, 0.25) is 5.52 Å². The fourth-order valence-corrected chi connectivity index (χ4v) is 2.59. The van der Waals surface area contributed by atoms with Gasteiger partial charge in [0.25, 0.3) is 0 Å². The largest absolute Gasteiger partial charge is 0.508 e. The first-order valence-corrected chi connectivity index (χ1v) is 6.33. The first-order chi connectivity index (χ1) is 9.65. The maximum absolute atomic E-state index is 10.9. The van der Waals surface area contributed by atoms with E-state index in [0.717, 1.165) is 4.90 Å². The van der Waals surface area contributed by atoms with Gasteiger partial charge in [0.1, 0.15) is 5.75 Å². The summed E-state index contributed by atoms with van der Waals surface area (Å²) < 4.78 is 4.60. The van der Waals surface area contributed by atoms with Crippen molar-refractivity contribution in [2.45, 2.75) is 9.79 Å². The molecule has 3 aromatic rings. The zero-order chi connectivity index (χ0) is 14.1. The summed E-state index contributed by atoms with van der Waals surface area (Å²) in [6.45, 7) is 0. The molecule has 1 heterocycles. The number of hydrogen-bond donors (Lipinski definition) is 1. The van der Waals surface area contributed by atoms with Gasteiger partial charge in [-0.25, -0.2) is 4.63 Å². The molecular formula is C12H7N3O4S. The lowest BCUT2D eigenvalue weighted by molar-refractivity contribution is -0.383. The highest BCUT2D eigenvalue weighted by Gasteiger charge is 2.19. The molecule has 100 valence electrons. The summed E-state index contributed by atoms with van der Waals surface area (Å²) in [6, 6.07) is 9.57. The van der Waals surface area contributed by atoms with E-state index in [-0.39, 0.29) is 17.0 Å². The van der Waals surface area contributed by atoms with Gasteiger partial charge in [-0.15, -0.1) is 0 Å².